The lowest BCUT2D eigenvalue weighted by atomic mass is 10.3. The highest BCUT2D eigenvalue weighted by molar-refractivity contribution is 14.1. The number of rotatable bonds is 7. The molecule has 11 heteroatoms. The number of nitrogens with zero attached hydrogens (tertiary/aromatic N) is 1. The van der Waals surface area contributed by atoms with Gasteiger partial charge in [0.1, 0.15) is 16.7 Å². The van der Waals surface area contributed by atoms with Gasteiger partial charge in [0.25, 0.3) is 5.56 Å². The van der Waals surface area contributed by atoms with Gasteiger partial charge in [-0.25, -0.2) is 12.8 Å². The first-order chi connectivity index (χ1) is 13.1. The average Bonchev–Trinajstić information content (AvgIpc) is 3.40. The van der Waals surface area contributed by atoms with Crippen molar-refractivity contribution in [3.05, 3.63) is 49.0 Å². The first-order valence-electron chi connectivity index (χ1n) is 8.35. The second-order valence-electron chi connectivity index (χ2n) is 6.63. The summed E-state index contributed by atoms with van der Waals surface area (Å²) < 4.78 is 43.2. The van der Waals surface area contributed by atoms with Crippen LogP contribution < -0.4 is 15.6 Å². The molecule has 1 aliphatic rings. The summed E-state index contributed by atoms with van der Waals surface area (Å²) >= 11 is 7.92. The average molecular weight is 542 g/mol. The van der Waals surface area contributed by atoms with E-state index >= 15 is 0 Å². The van der Waals surface area contributed by atoms with Crippen LogP contribution >= 0.6 is 34.2 Å². The maximum absolute atomic E-state index is 14.3. The minimum atomic E-state index is -3.86. The number of aliphatic hydroxyl groups is 1. The molecule has 2 aromatic rings. The van der Waals surface area contributed by atoms with Crippen LogP contribution in [-0.2, 0) is 17.1 Å². The van der Waals surface area contributed by atoms with Gasteiger partial charge in [0, 0.05) is 17.2 Å². The Morgan fingerprint density at radius 2 is 2.00 bits per heavy atom. The molecule has 3 N–H and O–H groups in total. The summed E-state index contributed by atoms with van der Waals surface area (Å²) in [7, 11) is -2.46. The lowest BCUT2D eigenvalue weighted by Crippen LogP contribution is -2.32. The minimum absolute atomic E-state index is 0.0225. The molecule has 3 rings (SSSR count). The molecule has 0 saturated heterocycles. The van der Waals surface area contributed by atoms with Crippen LogP contribution in [0.5, 0.6) is 0 Å². The van der Waals surface area contributed by atoms with E-state index in [0.717, 1.165) is 4.57 Å². The zero-order chi connectivity index (χ0) is 20.7. The molecule has 0 amide bonds. The summed E-state index contributed by atoms with van der Waals surface area (Å²) in [5.74, 6) is -0.500. The number of benzene rings is 1. The van der Waals surface area contributed by atoms with Crippen LogP contribution in [0.4, 0.5) is 21.6 Å². The zero-order valence-electron chi connectivity index (χ0n) is 14.8. The summed E-state index contributed by atoms with van der Waals surface area (Å²) in [6.07, 6.45) is 0.962. The number of hydrogen-bond acceptors (Lipinski definition) is 5. The van der Waals surface area contributed by atoms with Gasteiger partial charge < -0.3 is 10.4 Å². The number of sulfonamides is 1. The second-order valence-corrected chi connectivity index (χ2v) is 10.4. The van der Waals surface area contributed by atoms with E-state index in [-0.39, 0.29) is 35.2 Å². The van der Waals surface area contributed by atoms with Crippen LogP contribution in [0.15, 0.2) is 29.1 Å². The van der Waals surface area contributed by atoms with Gasteiger partial charge in [-0.1, -0.05) is 11.6 Å². The maximum atomic E-state index is 14.3. The van der Waals surface area contributed by atoms with Crippen LogP contribution in [0.25, 0.3) is 0 Å². The lowest BCUT2D eigenvalue weighted by Gasteiger charge is -2.21. The monoisotopic (exact) mass is 541 g/mol. The first kappa shape index (κ1) is 21.3. The van der Waals surface area contributed by atoms with Crippen molar-refractivity contribution in [2.75, 3.05) is 16.6 Å². The number of aliphatic hydroxyl groups excluding tert-OH is 1. The van der Waals surface area contributed by atoms with E-state index in [1.54, 1.807) is 6.07 Å². The highest BCUT2D eigenvalue weighted by Gasteiger charge is 2.54. The fourth-order valence-electron chi connectivity index (χ4n) is 2.90. The zero-order valence-corrected chi connectivity index (χ0v) is 18.5. The standard InChI is InChI=1S/C17H18ClFIN3O4S/c1-23-15(21-13-3-2-10(20)8-12(13)19)14(9-11(18)16(23)25)22-28(26,27)17(4-5-17)6-7-24/h2-3,8-9,21-22,24H,4-7H2,1H3. The van der Waals surface area contributed by atoms with Crippen molar-refractivity contribution in [3.63, 3.8) is 0 Å². The van der Waals surface area contributed by atoms with Crippen LogP contribution in [-0.4, -0.2) is 29.4 Å². The van der Waals surface area contributed by atoms with Crippen molar-refractivity contribution in [1.29, 1.82) is 0 Å². The SMILES string of the molecule is Cn1c(Nc2ccc(I)cc2F)c(NS(=O)(=O)C2(CCO)CC2)cc(Cl)c1=O. The summed E-state index contributed by atoms with van der Waals surface area (Å²) in [5, 5.41) is 11.8. The number of hydrogen-bond donors (Lipinski definition) is 3. The van der Waals surface area contributed by atoms with Gasteiger partial charge in [0.2, 0.25) is 10.0 Å². The second kappa shape index (κ2) is 7.81. The Labute approximate surface area is 180 Å². The van der Waals surface area contributed by atoms with Gasteiger partial charge in [-0.3, -0.25) is 14.1 Å². The van der Waals surface area contributed by atoms with Crippen LogP contribution in [0.1, 0.15) is 19.3 Å². The third-order valence-electron chi connectivity index (χ3n) is 4.74. The minimum Gasteiger partial charge on any atom is -0.396 e. The molecule has 152 valence electrons. The molecule has 0 spiro atoms. The normalized spacial score (nSPS) is 15.3. The molecule has 1 aliphatic carbocycles. The predicted molar refractivity (Wildman–Crippen MR) is 115 cm³/mol. The third-order valence-corrected chi connectivity index (χ3v) is 7.93. The number of halogens is 3. The van der Waals surface area contributed by atoms with Gasteiger partial charge in [-0.05, 0) is 66.1 Å². The van der Waals surface area contributed by atoms with Crippen molar-refractivity contribution in [2.45, 2.75) is 24.0 Å². The Morgan fingerprint density at radius 3 is 2.57 bits per heavy atom. The summed E-state index contributed by atoms with van der Waals surface area (Å²) in [5.41, 5.74) is -0.460. The quantitative estimate of drug-likeness (QED) is 0.468. The van der Waals surface area contributed by atoms with E-state index < -0.39 is 26.1 Å². The van der Waals surface area contributed by atoms with Crippen molar-refractivity contribution < 1.29 is 17.9 Å². The van der Waals surface area contributed by atoms with E-state index in [1.165, 1.54) is 25.2 Å². The third kappa shape index (κ3) is 4.00. The fraction of sp³-hybridized carbons (Fsp3) is 0.353. The Morgan fingerprint density at radius 1 is 1.32 bits per heavy atom. The van der Waals surface area contributed by atoms with E-state index in [1.807, 2.05) is 22.6 Å². The van der Waals surface area contributed by atoms with E-state index in [4.69, 9.17) is 11.6 Å². The molecule has 0 aliphatic heterocycles. The number of nitrogens with one attached hydrogen (secondary N) is 2. The summed E-state index contributed by atoms with van der Waals surface area (Å²) in [6, 6.07) is 5.66. The molecule has 7 nitrogen and oxygen atoms in total. The summed E-state index contributed by atoms with van der Waals surface area (Å²) in [6.45, 7) is -0.256. The number of aromatic nitrogens is 1. The molecule has 0 unspecified atom stereocenters. The van der Waals surface area contributed by atoms with Crippen LogP contribution in [0, 0.1) is 9.39 Å². The van der Waals surface area contributed by atoms with E-state index in [2.05, 4.69) is 10.0 Å². The van der Waals surface area contributed by atoms with Crippen LogP contribution in [0.2, 0.25) is 5.02 Å². The van der Waals surface area contributed by atoms with Gasteiger partial charge in [0.05, 0.1) is 16.1 Å². The molecular weight excluding hydrogens is 524 g/mol. The molecule has 1 heterocycles. The maximum Gasteiger partial charge on any atom is 0.270 e. The summed E-state index contributed by atoms with van der Waals surface area (Å²) in [4.78, 5) is 12.2. The smallest absolute Gasteiger partial charge is 0.270 e. The molecule has 1 aromatic carbocycles. The Kier molecular flexibility index (Phi) is 5.95. The highest BCUT2D eigenvalue weighted by atomic mass is 127. The molecule has 28 heavy (non-hydrogen) atoms. The molecule has 1 fully saturated rings. The van der Waals surface area contributed by atoms with Crippen molar-refractivity contribution in [2.24, 2.45) is 7.05 Å². The van der Waals surface area contributed by atoms with Gasteiger partial charge in [0.15, 0.2) is 0 Å². The Bertz CT molecular complexity index is 1090. The van der Waals surface area contributed by atoms with E-state index in [9.17, 15) is 22.7 Å². The first-order valence-corrected chi connectivity index (χ1v) is 11.3. The molecule has 1 saturated carbocycles. The molecule has 0 atom stereocenters. The van der Waals surface area contributed by atoms with Gasteiger partial charge in [-0.15, -0.1) is 0 Å². The van der Waals surface area contributed by atoms with Crippen molar-refractivity contribution in [3.8, 4) is 0 Å². The van der Waals surface area contributed by atoms with Crippen LogP contribution in [0.3, 0.4) is 0 Å². The molecule has 0 radical (unpaired) electrons. The Balaban J connectivity index is 2.05. The van der Waals surface area contributed by atoms with Crippen molar-refractivity contribution in [1.82, 2.24) is 4.57 Å². The van der Waals surface area contributed by atoms with Gasteiger partial charge in [-0.2, -0.15) is 0 Å². The fourth-order valence-corrected chi connectivity index (χ4v) is 5.25. The largest absolute Gasteiger partial charge is 0.396 e. The molecule has 0 bridgehead atoms. The van der Waals surface area contributed by atoms with E-state index in [0.29, 0.717) is 16.4 Å². The van der Waals surface area contributed by atoms with Crippen molar-refractivity contribution >= 4 is 61.4 Å². The topological polar surface area (TPSA) is 100 Å². The molecular formula is C17H18ClFIN3O4S. The highest BCUT2D eigenvalue weighted by Crippen LogP contribution is 2.47. The van der Waals surface area contributed by atoms with Gasteiger partial charge >= 0.3 is 0 Å². The lowest BCUT2D eigenvalue weighted by molar-refractivity contribution is 0.283. The Hall–Kier alpha value is -1.37. The number of pyridine rings is 1. The predicted octanol–water partition coefficient (Wildman–Crippen LogP) is 3.18. The number of anilines is 3. The molecule has 1 aromatic heterocycles.